The van der Waals surface area contributed by atoms with Gasteiger partial charge in [-0.3, -0.25) is 9.48 Å². The number of fused-ring (bicyclic) bond motifs is 1. The molecule has 3 heterocycles. The second kappa shape index (κ2) is 6.43. The van der Waals surface area contributed by atoms with Gasteiger partial charge in [0.25, 0.3) is 5.91 Å². The first-order valence-corrected chi connectivity index (χ1v) is 8.74. The van der Waals surface area contributed by atoms with Crippen molar-refractivity contribution in [3.63, 3.8) is 0 Å². The molecule has 0 radical (unpaired) electrons. The molecule has 24 heavy (non-hydrogen) atoms. The van der Waals surface area contributed by atoms with Gasteiger partial charge in [-0.05, 0) is 49.8 Å². The maximum atomic E-state index is 12.9. The number of rotatable bonds is 6. The summed E-state index contributed by atoms with van der Waals surface area (Å²) >= 11 is 0. The van der Waals surface area contributed by atoms with Gasteiger partial charge in [0, 0.05) is 19.7 Å². The highest BCUT2D eigenvalue weighted by molar-refractivity contribution is 5.92. The summed E-state index contributed by atoms with van der Waals surface area (Å²) in [5.41, 5.74) is 2.33. The third kappa shape index (κ3) is 2.86. The molecule has 2 aromatic heterocycles. The highest BCUT2D eigenvalue weighted by atomic mass is 16.5. The second-order valence-electron chi connectivity index (χ2n) is 6.59. The molecule has 0 aromatic carbocycles. The van der Waals surface area contributed by atoms with Crippen LogP contribution in [-0.4, -0.2) is 40.3 Å². The van der Waals surface area contributed by atoms with E-state index in [4.69, 9.17) is 9.15 Å². The molecule has 6 heteroatoms. The van der Waals surface area contributed by atoms with Crippen molar-refractivity contribution in [3.8, 4) is 0 Å². The van der Waals surface area contributed by atoms with E-state index in [1.165, 1.54) is 24.7 Å². The minimum atomic E-state index is -0.104. The summed E-state index contributed by atoms with van der Waals surface area (Å²) in [6, 6.07) is 3.36. The number of carbonyl (C=O) groups is 1. The Bertz CT molecular complexity index is 690. The Hall–Kier alpha value is -2.08. The lowest BCUT2D eigenvalue weighted by Gasteiger charge is -2.35. The predicted octanol–water partition coefficient (Wildman–Crippen LogP) is 2.66. The van der Waals surface area contributed by atoms with Crippen molar-refractivity contribution < 1.29 is 13.9 Å². The molecule has 0 spiro atoms. The highest BCUT2D eigenvalue weighted by Gasteiger charge is 2.35. The SMILES string of the molecule is CCn1ncc2c1C(COCC1CC1)N(C(=O)c1ccco1)CC2. The lowest BCUT2D eigenvalue weighted by Crippen LogP contribution is -2.42. The van der Waals surface area contributed by atoms with Crippen molar-refractivity contribution in [1.82, 2.24) is 14.7 Å². The third-order valence-electron chi connectivity index (χ3n) is 4.89. The Morgan fingerprint density at radius 2 is 2.29 bits per heavy atom. The van der Waals surface area contributed by atoms with Crippen LogP contribution in [0.15, 0.2) is 29.0 Å². The molecule has 1 aliphatic carbocycles. The molecule has 1 aliphatic heterocycles. The monoisotopic (exact) mass is 329 g/mol. The molecule has 0 bridgehead atoms. The van der Waals surface area contributed by atoms with Crippen LogP contribution in [0, 0.1) is 5.92 Å². The van der Waals surface area contributed by atoms with Gasteiger partial charge in [-0.2, -0.15) is 5.10 Å². The van der Waals surface area contributed by atoms with Gasteiger partial charge in [0.15, 0.2) is 5.76 Å². The van der Waals surface area contributed by atoms with Crippen LogP contribution in [0.4, 0.5) is 0 Å². The predicted molar refractivity (Wildman–Crippen MR) is 87.6 cm³/mol. The van der Waals surface area contributed by atoms with Gasteiger partial charge in [-0.15, -0.1) is 0 Å². The van der Waals surface area contributed by atoms with E-state index in [2.05, 4.69) is 12.0 Å². The van der Waals surface area contributed by atoms with Crippen LogP contribution in [-0.2, 0) is 17.7 Å². The van der Waals surface area contributed by atoms with E-state index in [0.29, 0.717) is 24.8 Å². The Morgan fingerprint density at radius 1 is 1.42 bits per heavy atom. The van der Waals surface area contributed by atoms with Gasteiger partial charge in [-0.25, -0.2) is 0 Å². The Kier molecular flexibility index (Phi) is 4.14. The molecule has 4 rings (SSSR count). The average Bonchev–Trinajstić information content (AvgIpc) is 3.11. The Labute approximate surface area is 141 Å². The summed E-state index contributed by atoms with van der Waals surface area (Å²) < 4.78 is 13.3. The summed E-state index contributed by atoms with van der Waals surface area (Å²) in [5.74, 6) is 1.01. The van der Waals surface area contributed by atoms with E-state index in [0.717, 1.165) is 25.3 Å². The maximum absolute atomic E-state index is 12.9. The first kappa shape index (κ1) is 15.4. The van der Waals surface area contributed by atoms with E-state index < -0.39 is 0 Å². The van der Waals surface area contributed by atoms with Crippen LogP contribution in [0.25, 0.3) is 0 Å². The van der Waals surface area contributed by atoms with Gasteiger partial charge in [0.2, 0.25) is 0 Å². The summed E-state index contributed by atoms with van der Waals surface area (Å²) in [5, 5.41) is 4.48. The lowest BCUT2D eigenvalue weighted by molar-refractivity contribution is 0.0324. The number of aryl methyl sites for hydroxylation is 1. The number of aromatic nitrogens is 2. The summed E-state index contributed by atoms with van der Waals surface area (Å²) in [4.78, 5) is 14.7. The molecule has 1 unspecified atom stereocenters. The molecule has 6 nitrogen and oxygen atoms in total. The maximum Gasteiger partial charge on any atom is 0.290 e. The number of nitrogens with zero attached hydrogens (tertiary/aromatic N) is 3. The van der Waals surface area contributed by atoms with Crippen molar-refractivity contribution in [2.24, 2.45) is 5.92 Å². The van der Waals surface area contributed by atoms with E-state index in [9.17, 15) is 4.79 Å². The van der Waals surface area contributed by atoms with Gasteiger partial charge in [0.05, 0.1) is 30.8 Å². The molecular formula is C18H23N3O3. The molecular weight excluding hydrogens is 306 g/mol. The second-order valence-corrected chi connectivity index (χ2v) is 6.59. The van der Waals surface area contributed by atoms with Gasteiger partial charge >= 0.3 is 0 Å². The Morgan fingerprint density at radius 3 is 3.00 bits per heavy atom. The molecule has 0 saturated heterocycles. The largest absolute Gasteiger partial charge is 0.459 e. The fourth-order valence-corrected chi connectivity index (χ4v) is 3.39. The first-order valence-electron chi connectivity index (χ1n) is 8.74. The fraction of sp³-hybridized carbons (Fsp3) is 0.556. The number of furan rings is 1. The number of carbonyl (C=O) groups excluding carboxylic acids is 1. The minimum Gasteiger partial charge on any atom is -0.459 e. The topological polar surface area (TPSA) is 60.5 Å². The van der Waals surface area contributed by atoms with E-state index in [-0.39, 0.29) is 11.9 Å². The quantitative estimate of drug-likeness (QED) is 0.817. The summed E-state index contributed by atoms with van der Waals surface area (Å²) in [6.45, 7) is 4.83. The van der Waals surface area contributed by atoms with Gasteiger partial charge in [0.1, 0.15) is 0 Å². The number of hydrogen-bond acceptors (Lipinski definition) is 4. The molecule has 2 aromatic rings. The zero-order chi connectivity index (χ0) is 16.5. The van der Waals surface area contributed by atoms with E-state index >= 15 is 0 Å². The number of ether oxygens (including phenoxy) is 1. The van der Waals surface area contributed by atoms with Crippen LogP contribution in [0.3, 0.4) is 0 Å². The molecule has 1 saturated carbocycles. The normalized spacial score (nSPS) is 20.2. The highest BCUT2D eigenvalue weighted by Crippen LogP contribution is 2.33. The smallest absolute Gasteiger partial charge is 0.290 e. The molecule has 2 aliphatic rings. The van der Waals surface area contributed by atoms with Crippen LogP contribution in [0.1, 0.15) is 47.6 Å². The molecule has 1 amide bonds. The minimum absolute atomic E-state index is 0.0745. The van der Waals surface area contributed by atoms with Crippen LogP contribution < -0.4 is 0 Å². The van der Waals surface area contributed by atoms with E-state index in [1.807, 2.05) is 15.8 Å². The van der Waals surface area contributed by atoms with Crippen molar-refractivity contribution in [2.75, 3.05) is 19.8 Å². The van der Waals surface area contributed by atoms with Crippen LogP contribution in [0.2, 0.25) is 0 Å². The molecule has 1 fully saturated rings. The molecule has 1 atom stereocenters. The summed E-state index contributed by atoms with van der Waals surface area (Å²) in [6.07, 6.45) is 6.82. The van der Waals surface area contributed by atoms with Gasteiger partial charge in [-0.1, -0.05) is 0 Å². The zero-order valence-corrected chi connectivity index (χ0v) is 14.0. The van der Waals surface area contributed by atoms with Crippen molar-refractivity contribution in [1.29, 1.82) is 0 Å². The van der Waals surface area contributed by atoms with Crippen LogP contribution >= 0.6 is 0 Å². The average molecular weight is 329 g/mol. The Balaban J connectivity index is 1.60. The van der Waals surface area contributed by atoms with Crippen molar-refractivity contribution in [2.45, 2.75) is 38.8 Å². The molecule has 0 N–H and O–H groups in total. The first-order chi connectivity index (χ1) is 11.8. The van der Waals surface area contributed by atoms with E-state index in [1.54, 1.807) is 12.1 Å². The standard InChI is InChI=1S/C18H23N3O3/c1-2-21-17-14(10-19-21)7-8-20(18(22)16-4-3-9-24-16)15(17)12-23-11-13-5-6-13/h3-4,9-10,13,15H,2,5-8,11-12H2,1H3. The van der Waals surface area contributed by atoms with Crippen molar-refractivity contribution in [3.05, 3.63) is 41.6 Å². The fourth-order valence-electron chi connectivity index (χ4n) is 3.39. The summed E-state index contributed by atoms with van der Waals surface area (Å²) in [7, 11) is 0. The molecule has 128 valence electrons. The number of amides is 1. The zero-order valence-electron chi connectivity index (χ0n) is 14.0. The van der Waals surface area contributed by atoms with Gasteiger partial charge < -0.3 is 14.1 Å². The number of hydrogen-bond donors (Lipinski definition) is 0. The third-order valence-corrected chi connectivity index (χ3v) is 4.89. The lowest BCUT2D eigenvalue weighted by atomic mass is 9.99. The van der Waals surface area contributed by atoms with Crippen LogP contribution in [0.5, 0.6) is 0 Å². The van der Waals surface area contributed by atoms with Crippen molar-refractivity contribution >= 4 is 5.91 Å².